The summed E-state index contributed by atoms with van der Waals surface area (Å²) in [5.41, 5.74) is 0. The Morgan fingerprint density at radius 3 is 3.17 bits per heavy atom. The molecule has 0 bridgehead atoms. The Balaban J connectivity index is 1.90. The standard InChI is InChI=1S/C9H13N5O2S2/c1-13(2)14-5-8(16-12-14)11-7(15)6-18-9-10-3-4-17-9/h5H,3-4,6H2,1-2H3. The number of rotatable bonds is 4. The summed E-state index contributed by atoms with van der Waals surface area (Å²) >= 11 is 3.09. The van der Waals surface area contributed by atoms with Crippen LogP contribution in [0.5, 0.6) is 0 Å². The van der Waals surface area contributed by atoms with Gasteiger partial charge >= 0.3 is 5.88 Å². The summed E-state index contributed by atoms with van der Waals surface area (Å²) < 4.78 is 5.87. The van der Waals surface area contributed by atoms with E-state index >= 15 is 0 Å². The zero-order valence-corrected chi connectivity index (χ0v) is 11.7. The summed E-state index contributed by atoms with van der Waals surface area (Å²) in [7, 11) is 3.61. The Hall–Kier alpha value is -1.22. The predicted octanol–water partition coefficient (Wildman–Crippen LogP) is -0.614. The molecule has 0 fully saturated rings. The van der Waals surface area contributed by atoms with Gasteiger partial charge in [0.05, 0.1) is 25.4 Å². The summed E-state index contributed by atoms with van der Waals surface area (Å²) in [5.74, 6) is 1.22. The van der Waals surface area contributed by atoms with Crippen molar-refractivity contribution in [3.05, 3.63) is 6.20 Å². The molecule has 2 rings (SSSR count). The first-order valence-electron chi connectivity index (χ1n) is 5.26. The van der Waals surface area contributed by atoms with Crippen LogP contribution in [0.2, 0.25) is 0 Å². The molecule has 0 radical (unpaired) electrons. The Bertz CT molecular complexity index is 471. The fraction of sp³-hybridized carbons (Fsp3) is 0.556. The van der Waals surface area contributed by atoms with Gasteiger partial charge in [0.25, 0.3) is 6.20 Å². The first kappa shape index (κ1) is 13.2. The van der Waals surface area contributed by atoms with E-state index in [1.807, 2.05) is 0 Å². The molecule has 98 valence electrons. The lowest BCUT2D eigenvalue weighted by Gasteiger charge is -2.07. The molecule has 0 N–H and O–H groups in total. The molecule has 0 spiro atoms. The third-order valence-corrected chi connectivity index (χ3v) is 4.20. The van der Waals surface area contributed by atoms with Crippen LogP contribution in [-0.4, -0.2) is 47.7 Å². The van der Waals surface area contributed by atoms with Gasteiger partial charge < -0.3 is 5.11 Å². The zero-order valence-electron chi connectivity index (χ0n) is 10.1. The summed E-state index contributed by atoms with van der Waals surface area (Å²) in [4.78, 5) is 9.52. The van der Waals surface area contributed by atoms with Crippen LogP contribution < -0.4 is 14.9 Å². The maximum atomic E-state index is 11.6. The lowest BCUT2D eigenvalue weighted by atomic mass is 10.7. The van der Waals surface area contributed by atoms with Crippen LogP contribution in [0.1, 0.15) is 0 Å². The number of thioether (sulfide) groups is 2. The monoisotopic (exact) mass is 287 g/mol. The Morgan fingerprint density at radius 1 is 1.72 bits per heavy atom. The first-order valence-corrected chi connectivity index (χ1v) is 7.23. The molecular weight excluding hydrogens is 274 g/mol. The SMILES string of the molecule is CN(C)[n+]1cc(/N=C(/[O-])CSC2=NCCS2)on1. The second-order valence-electron chi connectivity index (χ2n) is 3.60. The van der Waals surface area contributed by atoms with Crippen molar-refractivity contribution in [2.45, 2.75) is 0 Å². The van der Waals surface area contributed by atoms with E-state index < -0.39 is 0 Å². The van der Waals surface area contributed by atoms with E-state index in [-0.39, 0.29) is 17.5 Å². The second-order valence-corrected chi connectivity index (χ2v) is 5.90. The quantitative estimate of drug-likeness (QED) is 0.417. The summed E-state index contributed by atoms with van der Waals surface area (Å²) in [6.45, 7) is 0.837. The van der Waals surface area contributed by atoms with Crippen LogP contribution in [0, 0.1) is 0 Å². The minimum absolute atomic E-state index is 0.204. The maximum absolute atomic E-state index is 11.6. The molecule has 2 heterocycles. The molecule has 0 amide bonds. The van der Waals surface area contributed by atoms with Crippen LogP contribution >= 0.6 is 23.5 Å². The molecule has 0 saturated heterocycles. The van der Waals surface area contributed by atoms with Crippen LogP contribution in [0.4, 0.5) is 5.88 Å². The lowest BCUT2D eigenvalue weighted by Crippen LogP contribution is -2.53. The van der Waals surface area contributed by atoms with Gasteiger partial charge in [-0.3, -0.25) is 9.52 Å². The maximum Gasteiger partial charge on any atom is 0.324 e. The molecule has 0 aliphatic carbocycles. The number of nitrogens with zero attached hydrogens (tertiary/aromatic N) is 5. The number of aliphatic imine (C=N–C) groups is 2. The third kappa shape index (κ3) is 3.64. The van der Waals surface area contributed by atoms with Crippen molar-refractivity contribution in [2.24, 2.45) is 9.98 Å². The lowest BCUT2D eigenvalue weighted by molar-refractivity contribution is -0.753. The highest BCUT2D eigenvalue weighted by Gasteiger charge is 2.12. The highest BCUT2D eigenvalue weighted by molar-refractivity contribution is 8.39. The Morgan fingerprint density at radius 2 is 2.56 bits per heavy atom. The molecule has 0 aromatic carbocycles. The summed E-state index contributed by atoms with van der Waals surface area (Å²) in [6.07, 6.45) is 1.55. The molecule has 9 heteroatoms. The Kier molecular flexibility index (Phi) is 4.48. The smallest absolute Gasteiger partial charge is 0.324 e. The molecular formula is C9H13N5O2S2. The zero-order chi connectivity index (χ0) is 13.0. The molecule has 18 heavy (non-hydrogen) atoms. The topological polar surface area (TPSA) is 80.9 Å². The highest BCUT2D eigenvalue weighted by atomic mass is 32.2. The third-order valence-electron chi connectivity index (χ3n) is 1.97. The molecule has 0 unspecified atom stereocenters. The van der Waals surface area contributed by atoms with Gasteiger partial charge in [-0.15, -0.1) is 0 Å². The number of hydrogen-bond donors (Lipinski definition) is 0. The molecule has 7 nitrogen and oxygen atoms in total. The van der Waals surface area contributed by atoms with Crippen molar-refractivity contribution in [1.82, 2.24) is 5.27 Å². The molecule has 1 aromatic rings. The normalized spacial score (nSPS) is 15.9. The number of aromatic nitrogens is 2. The number of hydrogen-bond acceptors (Lipinski definition) is 8. The molecule has 1 aromatic heterocycles. The fourth-order valence-electron chi connectivity index (χ4n) is 1.15. The van der Waals surface area contributed by atoms with Crippen molar-refractivity contribution in [2.75, 3.05) is 37.2 Å². The minimum Gasteiger partial charge on any atom is -0.861 e. The van der Waals surface area contributed by atoms with Gasteiger partial charge in [0, 0.05) is 11.5 Å². The fourth-order valence-corrected chi connectivity index (χ4v) is 2.94. The van der Waals surface area contributed by atoms with Crippen molar-refractivity contribution >= 4 is 39.7 Å². The van der Waals surface area contributed by atoms with Crippen molar-refractivity contribution < 1.29 is 14.4 Å². The average molecular weight is 287 g/mol. The van der Waals surface area contributed by atoms with E-state index in [9.17, 15) is 5.11 Å². The first-order chi connectivity index (χ1) is 8.65. The van der Waals surface area contributed by atoms with E-state index in [0.717, 1.165) is 16.7 Å². The van der Waals surface area contributed by atoms with Crippen molar-refractivity contribution in [3.63, 3.8) is 0 Å². The molecule has 0 saturated carbocycles. The van der Waals surface area contributed by atoms with Crippen molar-refractivity contribution in [3.8, 4) is 0 Å². The van der Waals surface area contributed by atoms with Crippen LogP contribution in [0.25, 0.3) is 0 Å². The Labute approximate surface area is 113 Å². The van der Waals surface area contributed by atoms with Crippen molar-refractivity contribution in [1.29, 1.82) is 0 Å². The van der Waals surface area contributed by atoms with E-state index in [1.54, 1.807) is 37.1 Å². The highest BCUT2D eigenvalue weighted by Crippen LogP contribution is 2.21. The van der Waals surface area contributed by atoms with Crippen LogP contribution in [-0.2, 0) is 0 Å². The van der Waals surface area contributed by atoms with Gasteiger partial charge in [-0.05, 0) is 5.90 Å². The summed E-state index contributed by atoms with van der Waals surface area (Å²) in [6, 6.07) is 0. The molecule has 1 aliphatic rings. The summed E-state index contributed by atoms with van der Waals surface area (Å²) in [5, 5.41) is 17.0. The molecule has 0 atom stereocenters. The van der Waals surface area contributed by atoms with Gasteiger partial charge in [-0.1, -0.05) is 23.5 Å². The van der Waals surface area contributed by atoms with E-state index in [1.165, 1.54) is 16.6 Å². The van der Waals surface area contributed by atoms with Gasteiger partial charge in [-0.25, -0.2) is 4.99 Å². The van der Waals surface area contributed by atoms with E-state index in [4.69, 9.17) is 4.52 Å². The average Bonchev–Trinajstić information content (AvgIpc) is 2.96. The molecule has 1 aliphatic heterocycles. The van der Waals surface area contributed by atoms with Crippen LogP contribution in [0.3, 0.4) is 0 Å². The van der Waals surface area contributed by atoms with E-state index in [0.29, 0.717) is 0 Å². The predicted molar refractivity (Wildman–Crippen MR) is 71.1 cm³/mol. The largest absolute Gasteiger partial charge is 0.861 e. The van der Waals surface area contributed by atoms with E-state index in [2.05, 4.69) is 15.3 Å². The second kappa shape index (κ2) is 6.10. The van der Waals surface area contributed by atoms with Gasteiger partial charge in [0.15, 0.2) is 0 Å². The van der Waals surface area contributed by atoms with Gasteiger partial charge in [0.2, 0.25) is 5.27 Å². The minimum atomic E-state index is -0.253. The van der Waals surface area contributed by atoms with Crippen LogP contribution in [0.15, 0.2) is 20.7 Å². The van der Waals surface area contributed by atoms with Gasteiger partial charge in [0.1, 0.15) is 4.38 Å². The van der Waals surface area contributed by atoms with Gasteiger partial charge in [-0.2, -0.15) is 5.01 Å².